The van der Waals surface area contributed by atoms with E-state index >= 15 is 0 Å². The third-order valence-corrected chi connectivity index (χ3v) is 3.48. The molecule has 1 atom stereocenters. The summed E-state index contributed by atoms with van der Waals surface area (Å²) in [6, 6.07) is 12.8. The fraction of sp³-hybridized carbons (Fsp3) is 0.286. The topological polar surface area (TPSA) is 25.2 Å². The molecule has 2 aromatic rings. The van der Waals surface area contributed by atoms with E-state index in [4.69, 9.17) is 4.42 Å². The van der Waals surface area contributed by atoms with Gasteiger partial charge in [-0.25, -0.2) is 0 Å². The highest BCUT2D eigenvalue weighted by molar-refractivity contribution is 7.98. The van der Waals surface area contributed by atoms with Crippen molar-refractivity contribution in [2.45, 2.75) is 24.4 Å². The van der Waals surface area contributed by atoms with Gasteiger partial charge in [-0.05, 0) is 43.0 Å². The molecule has 90 valence electrons. The molecule has 3 heteroatoms. The molecule has 0 saturated heterocycles. The van der Waals surface area contributed by atoms with Crippen molar-refractivity contribution in [2.75, 3.05) is 6.26 Å². The van der Waals surface area contributed by atoms with E-state index < -0.39 is 0 Å². The van der Waals surface area contributed by atoms with E-state index in [1.165, 1.54) is 10.5 Å². The van der Waals surface area contributed by atoms with Crippen LogP contribution in [0.1, 0.15) is 24.3 Å². The molecular weight excluding hydrogens is 230 g/mol. The molecule has 0 aliphatic heterocycles. The standard InChI is InChI=1S/C14H17NOS/c1-11(14-4-3-9-16-14)15-10-12-5-7-13(17-2)8-6-12/h3-9,11,15H,10H2,1-2H3/t11-/m1/s1. The fourth-order valence-corrected chi connectivity index (χ4v) is 2.06. The van der Waals surface area contributed by atoms with Crippen LogP contribution in [0.2, 0.25) is 0 Å². The van der Waals surface area contributed by atoms with Crippen LogP contribution in [0.15, 0.2) is 52.0 Å². The van der Waals surface area contributed by atoms with E-state index in [-0.39, 0.29) is 6.04 Å². The third kappa shape index (κ3) is 3.38. The average molecular weight is 247 g/mol. The van der Waals surface area contributed by atoms with Crippen LogP contribution in [-0.2, 0) is 6.54 Å². The van der Waals surface area contributed by atoms with E-state index in [2.05, 4.69) is 42.8 Å². The summed E-state index contributed by atoms with van der Waals surface area (Å²) in [5, 5.41) is 3.44. The van der Waals surface area contributed by atoms with Crippen LogP contribution in [-0.4, -0.2) is 6.26 Å². The number of thioether (sulfide) groups is 1. The zero-order valence-electron chi connectivity index (χ0n) is 10.1. The lowest BCUT2D eigenvalue weighted by atomic mass is 10.2. The van der Waals surface area contributed by atoms with Gasteiger partial charge in [0, 0.05) is 11.4 Å². The van der Waals surface area contributed by atoms with Crippen LogP contribution >= 0.6 is 11.8 Å². The Morgan fingerprint density at radius 1 is 1.24 bits per heavy atom. The van der Waals surface area contributed by atoms with Crippen LogP contribution in [0.3, 0.4) is 0 Å². The number of benzene rings is 1. The molecule has 17 heavy (non-hydrogen) atoms. The van der Waals surface area contributed by atoms with E-state index in [1.54, 1.807) is 18.0 Å². The van der Waals surface area contributed by atoms with Gasteiger partial charge in [-0.15, -0.1) is 11.8 Å². The molecule has 0 aliphatic carbocycles. The van der Waals surface area contributed by atoms with Crippen molar-refractivity contribution in [3.8, 4) is 0 Å². The normalized spacial score (nSPS) is 12.6. The van der Waals surface area contributed by atoms with Gasteiger partial charge in [0.1, 0.15) is 5.76 Å². The van der Waals surface area contributed by atoms with Gasteiger partial charge >= 0.3 is 0 Å². The summed E-state index contributed by atoms with van der Waals surface area (Å²) in [5.74, 6) is 0.978. The minimum atomic E-state index is 0.241. The van der Waals surface area contributed by atoms with Crippen molar-refractivity contribution in [2.24, 2.45) is 0 Å². The van der Waals surface area contributed by atoms with Gasteiger partial charge in [0.2, 0.25) is 0 Å². The first-order chi connectivity index (χ1) is 8.29. The van der Waals surface area contributed by atoms with Crippen molar-refractivity contribution in [1.29, 1.82) is 0 Å². The molecule has 1 aromatic carbocycles. The largest absolute Gasteiger partial charge is 0.468 e. The summed E-state index contributed by atoms with van der Waals surface area (Å²) in [7, 11) is 0. The molecule has 1 N–H and O–H groups in total. The van der Waals surface area contributed by atoms with E-state index in [9.17, 15) is 0 Å². The maximum absolute atomic E-state index is 5.35. The van der Waals surface area contributed by atoms with Crippen LogP contribution < -0.4 is 5.32 Å². The quantitative estimate of drug-likeness (QED) is 0.812. The molecule has 0 fully saturated rings. The second-order valence-electron chi connectivity index (χ2n) is 3.97. The van der Waals surface area contributed by atoms with Crippen LogP contribution in [0, 0.1) is 0 Å². The molecule has 0 spiro atoms. The van der Waals surface area contributed by atoms with Gasteiger partial charge in [0.15, 0.2) is 0 Å². The minimum absolute atomic E-state index is 0.241. The Balaban J connectivity index is 1.89. The van der Waals surface area contributed by atoms with Crippen LogP contribution in [0.5, 0.6) is 0 Å². The molecule has 2 nitrogen and oxygen atoms in total. The predicted octanol–water partition coefficient (Wildman–Crippen LogP) is 3.85. The van der Waals surface area contributed by atoms with Gasteiger partial charge in [-0.2, -0.15) is 0 Å². The second-order valence-corrected chi connectivity index (χ2v) is 4.85. The number of hydrogen-bond donors (Lipinski definition) is 1. The smallest absolute Gasteiger partial charge is 0.120 e. The molecule has 0 saturated carbocycles. The van der Waals surface area contributed by atoms with E-state index in [1.807, 2.05) is 12.1 Å². The SMILES string of the molecule is CSc1ccc(CN[C@H](C)c2ccco2)cc1. The number of nitrogens with one attached hydrogen (secondary N) is 1. The van der Waals surface area contributed by atoms with Gasteiger partial charge in [0.05, 0.1) is 12.3 Å². The molecule has 0 aliphatic rings. The summed E-state index contributed by atoms with van der Waals surface area (Å²) in [6.07, 6.45) is 3.80. The zero-order valence-corrected chi connectivity index (χ0v) is 11.0. The summed E-state index contributed by atoms with van der Waals surface area (Å²) in [6.45, 7) is 2.96. The van der Waals surface area contributed by atoms with Crippen molar-refractivity contribution >= 4 is 11.8 Å². The monoisotopic (exact) mass is 247 g/mol. The highest BCUT2D eigenvalue weighted by atomic mass is 32.2. The molecule has 0 bridgehead atoms. The number of rotatable bonds is 5. The van der Waals surface area contributed by atoms with Gasteiger partial charge in [-0.1, -0.05) is 12.1 Å². The van der Waals surface area contributed by atoms with E-state index in [0.717, 1.165) is 12.3 Å². The van der Waals surface area contributed by atoms with Gasteiger partial charge < -0.3 is 9.73 Å². The lowest BCUT2D eigenvalue weighted by Crippen LogP contribution is -2.17. The number of hydrogen-bond acceptors (Lipinski definition) is 3. The zero-order chi connectivity index (χ0) is 12.1. The highest BCUT2D eigenvalue weighted by Crippen LogP contribution is 2.16. The lowest BCUT2D eigenvalue weighted by molar-refractivity contribution is 0.430. The Hall–Kier alpha value is -1.19. The first kappa shape index (κ1) is 12.3. The molecule has 1 aromatic heterocycles. The lowest BCUT2D eigenvalue weighted by Gasteiger charge is -2.11. The Bertz CT molecular complexity index is 436. The maximum Gasteiger partial charge on any atom is 0.120 e. The Morgan fingerprint density at radius 3 is 2.59 bits per heavy atom. The molecule has 0 unspecified atom stereocenters. The van der Waals surface area contributed by atoms with Crippen molar-refractivity contribution in [3.63, 3.8) is 0 Å². The molecule has 2 rings (SSSR count). The Labute approximate surface area is 106 Å². The maximum atomic E-state index is 5.35. The average Bonchev–Trinajstić information content (AvgIpc) is 2.90. The summed E-state index contributed by atoms with van der Waals surface area (Å²) in [4.78, 5) is 1.30. The number of furan rings is 1. The molecule has 0 radical (unpaired) electrons. The van der Waals surface area contributed by atoms with Gasteiger partial charge in [-0.3, -0.25) is 0 Å². The van der Waals surface area contributed by atoms with E-state index in [0.29, 0.717) is 0 Å². The summed E-state index contributed by atoms with van der Waals surface area (Å²) in [5.41, 5.74) is 1.29. The van der Waals surface area contributed by atoms with Crippen molar-refractivity contribution in [3.05, 3.63) is 54.0 Å². The predicted molar refractivity (Wildman–Crippen MR) is 72.2 cm³/mol. The summed E-state index contributed by atoms with van der Waals surface area (Å²) < 4.78 is 5.35. The highest BCUT2D eigenvalue weighted by Gasteiger charge is 2.06. The van der Waals surface area contributed by atoms with Crippen molar-refractivity contribution < 1.29 is 4.42 Å². The molecule has 0 amide bonds. The second kappa shape index (κ2) is 5.94. The third-order valence-electron chi connectivity index (χ3n) is 2.74. The first-order valence-corrected chi connectivity index (χ1v) is 6.92. The molecular formula is C14H17NOS. The minimum Gasteiger partial charge on any atom is -0.468 e. The van der Waals surface area contributed by atoms with Crippen LogP contribution in [0.4, 0.5) is 0 Å². The van der Waals surface area contributed by atoms with Crippen LogP contribution in [0.25, 0.3) is 0 Å². The Kier molecular flexibility index (Phi) is 4.29. The summed E-state index contributed by atoms with van der Waals surface area (Å²) >= 11 is 1.76. The fourth-order valence-electron chi connectivity index (χ4n) is 1.65. The molecule has 1 heterocycles. The Morgan fingerprint density at radius 2 is 2.00 bits per heavy atom. The van der Waals surface area contributed by atoms with Crippen molar-refractivity contribution in [1.82, 2.24) is 5.32 Å². The van der Waals surface area contributed by atoms with Gasteiger partial charge in [0.25, 0.3) is 0 Å². The first-order valence-electron chi connectivity index (χ1n) is 5.69.